The Labute approximate surface area is 161 Å². The number of ether oxygens (including phenoxy) is 1. The maximum atomic E-state index is 12.1. The molecule has 0 aliphatic carbocycles. The first-order valence-corrected chi connectivity index (χ1v) is 9.47. The number of hydrogen-bond donors (Lipinski definition) is 0. The Morgan fingerprint density at radius 2 is 1.81 bits per heavy atom. The molecular formula is C22H30N2O3. The summed E-state index contributed by atoms with van der Waals surface area (Å²) in [5, 5.41) is 0. The lowest BCUT2D eigenvalue weighted by atomic mass is 9.87. The zero-order valence-electron chi connectivity index (χ0n) is 16.9. The molecule has 1 saturated heterocycles. The number of carbonyl (C=O) groups is 1. The summed E-state index contributed by atoms with van der Waals surface area (Å²) in [6.45, 7) is 8.94. The van der Waals surface area contributed by atoms with Crippen LogP contribution in [0, 0.1) is 5.41 Å². The molecule has 3 rings (SSSR count). The minimum absolute atomic E-state index is 0.0296. The summed E-state index contributed by atoms with van der Waals surface area (Å²) in [4.78, 5) is 16.0. The van der Waals surface area contributed by atoms with E-state index in [9.17, 15) is 4.79 Å². The summed E-state index contributed by atoms with van der Waals surface area (Å²) >= 11 is 0. The number of benzene rings is 1. The van der Waals surface area contributed by atoms with Crippen LogP contribution in [0.3, 0.4) is 0 Å². The Morgan fingerprint density at radius 3 is 2.44 bits per heavy atom. The second-order valence-electron chi connectivity index (χ2n) is 8.55. The van der Waals surface area contributed by atoms with Crippen LogP contribution in [0.25, 0.3) is 0 Å². The van der Waals surface area contributed by atoms with Gasteiger partial charge < -0.3 is 14.1 Å². The molecule has 1 aliphatic heterocycles. The molecule has 1 aromatic heterocycles. The van der Waals surface area contributed by atoms with Gasteiger partial charge in [-0.25, -0.2) is 0 Å². The highest BCUT2D eigenvalue weighted by Gasteiger charge is 2.36. The molecular weight excluding hydrogens is 340 g/mol. The summed E-state index contributed by atoms with van der Waals surface area (Å²) in [6, 6.07) is 14.0. The van der Waals surface area contributed by atoms with Gasteiger partial charge in [-0.15, -0.1) is 0 Å². The fourth-order valence-corrected chi connectivity index (χ4v) is 3.31. The number of rotatable bonds is 4. The van der Waals surface area contributed by atoms with E-state index in [4.69, 9.17) is 9.15 Å². The van der Waals surface area contributed by atoms with E-state index in [0.717, 1.165) is 18.8 Å². The Bertz CT molecular complexity index is 761. The fourth-order valence-electron chi connectivity index (χ4n) is 3.31. The van der Waals surface area contributed by atoms with Crippen LogP contribution in [-0.4, -0.2) is 49.0 Å². The summed E-state index contributed by atoms with van der Waals surface area (Å²) in [7, 11) is 3.45. The standard InChI is InChI=1S/C22H30N2O3/c1-22(2,3)20-15-24(14-19(27-20)16-9-7-6-8-10-16)13-17-11-12-18(26-17)21(25)23(4)5/h6-12,19-20H,13-15H2,1-5H3/t19-,20+/m0/s1. The van der Waals surface area contributed by atoms with Gasteiger partial charge in [0.2, 0.25) is 0 Å². The lowest BCUT2D eigenvalue weighted by Gasteiger charge is -2.43. The van der Waals surface area contributed by atoms with Crippen LogP contribution < -0.4 is 0 Å². The quantitative estimate of drug-likeness (QED) is 0.817. The second-order valence-corrected chi connectivity index (χ2v) is 8.55. The van der Waals surface area contributed by atoms with Gasteiger partial charge >= 0.3 is 0 Å². The number of carbonyl (C=O) groups excluding carboxylic acids is 1. The van der Waals surface area contributed by atoms with E-state index in [1.807, 2.05) is 12.1 Å². The van der Waals surface area contributed by atoms with Crippen molar-refractivity contribution in [1.29, 1.82) is 0 Å². The molecule has 2 atom stereocenters. The zero-order chi connectivity index (χ0) is 19.6. The fraction of sp³-hybridized carbons (Fsp3) is 0.500. The van der Waals surface area contributed by atoms with Crippen LogP contribution in [-0.2, 0) is 11.3 Å². The predicted octanol–water partition coefficient (Wildman–Crippen LogP) is 3.97. The molecule has 0 unspecified atom stereocenters. The van der Waals surface area contributed by atoms with E-state index in [1.165, 1.54) is 10.5 Å². The maximum absolute atomic E-state index is 12.1. The van der Waals surface area contributed by atoms with Crippen molar-refractivity contribution < 1.29 is 13.9 Å². The molecule has 146 valence electrons. The third-order valence-corrected chi connectivity index (χ3v) is 4.97. The van der Waals surface area contributed by atoms with Crippen LogP contribution in [0.4, 0.5) is 0 Å². The van der Waals surface area contributed by atoms with E-state index >= 15 is 0 Å². The van der Waals surface area contributed by atoms with Gasteiger partial charge in [-0.3, -0.25) is 9.69 Å². The predicted molar refractivity (Wildman–Crippen MR) is 106 cm³/mol. The molecule has 0 spiro atoms. The third kappa shape index (κ3) is 4.79. The highest BCUT2D eigenvalue weighted by Crippen LogP contribution is 2.34. The van der Waals surface area contributed by atoms with Gasteiger partial charge in [0.1, 0.15) is 5.76 Å². The van der Waals surface area contributed by atoms with Crippen LogP contribution >= 0.6 is 0 Å². The Balaban J connectivity index is 1.76. The first-order chi connectivity index (χ1) is 12.7. The topological polar surface area (TPSA) is 45.9 Å². The molecule has 5 heteroatoms. The van der Waals surface area contributed by atoms with Crippen molar-refractivity contribution in [2.75, 3.05) is 27.2 Å². The summed E-state index contributed by atoms with van der Waals surface area (Å²) in [6.07, 6.45) is 0.149. The first kappa shape index (κ1) is 19.6. The van der Waals surface area contributed by atoms with Gasteiger partial charge in [-0.2, -0.15) is 0 Å². The minimum atomic E-state index is -0.113. The molecule has 1 aliphatic rings. The SMILES string of the molecule is CN(C)C(=O)c1ccc(CN2C[C@@H](c3ccccc3)O[C@@H](C(C)(C)C)C2)o1. The van der Waals surface area contributed by atoms with E-state index in [2.05, 4.69) is 49.9 Å². The number of morpholine rings is 1. The molecule has 1 aromatic carbocycles. The normalized spacial score (nSPS) is 21.2. The van der Waals surface area contributed by atoms with Crippen molar-refractivity contribution in [2.24, 2.45) is 5.41 Å². The highest BCUT2D eigenvalue weighted by atomic mass is 16.5. The van der Waals surface area contributed by atoms with Crippen LogP contribution in [0.1, 0.15) is 48.8 Å². The molecule has 1 amide bonds. The monoisotopic (exact) mass is 370 g/mol. The Hall–Kier alpha value is -2.11. The van der Waals surface area contributed by atoms with Gasteiger partial charge in [-0.05, 0) is 23.1 Å². The van der Waals surface area contributed by atoms with E-state index in [1.54, 1.807) is 20.2 Å². The molecule has 2 aromatic rings. The van der Waals surface area contributed by atoms with Crippen molar-refractivity contribution in [3.63, 3.8) is 0 Å². The smallest absolute Gasteiger partial charge is 0.289 e. The summed E-state index contributed by atoms with van der Waals surface area (Å²) < 4.78 is 12.2. The highest BCUT2D eigenvalue weighted by molar-refractivity contribution is 5.91. The molecule has 2 heterocycles. The number of furan rings is 1. The molecule has 27 heavy (non-hydrogen) atoms. The van der Waals surface area contributed by atoms with Gasteiger partial charge in [0, 0.05) is 27.2 Å². The minimum Gasteiger partial charge on any atom is -0.455 e. The number of amides is 1. The Kier molecular flexibility index (Phi) is 5.72. The number of nitrogens with zero attached hydrogens (tertiary/aromatic N) is 2. The van der Waals surface area contributed by atoms with Gasteiger partial charge in [0.05, 0.1) is 18.8 Å². The summed E-state index contributed by atoms with van der Waals surface area (Å²) in [5.41, 5.74) is 1.24. The molecule has 1 fully saturated rings. The zero-order valence-corrected chi connectivity index (χ0v) is 16.9. The number of hydrogen-bond acceptors (Lipinski definition) is 4. The van der Waals surface area contributed by atoms with E-state index in [0.29, 0.717) is 12.3 Å². The second kappa shape index (κ2) is 7.87. The van der Waals surface area contributed by atoms with Crippen molar-refractivity contribution in [2.45, 2.75) is 39.5 Å². The summed E-state index contributed by atoms with van der Waals surface area (Å²) in [5.74, 6) is 1.08. The van der Waals surface area contributed by atoms with Crippen molar-refractivity contribution in [3.05, 3.63) is 59.5 Å². The van der Waals surface area contributed by atoms with Crippen molar-refractivity contribution in [3.8, 4) is 0 Å². The molecule has 0 bridgehead atoms. The first-order valence-electron chi connectivity index (χ1n) is 9.47. The Morgan fingerprint density at radius 1 is 1.11 bits per heavy atom. The van der Waals surface area contributed by atoms with Crippen LogP contribution in [0.2, 0.25) is 0 Å². The van der Waals surface area contributed by atoms with Gasteiger partial charge in [0.25, 0.3) is 5.91 Å². The van der Waals surface area contributed by atoms with E-state index in [-0.39, 0.29) is 23.5 Å². The molecule has 5 nitrogen and oxygen atoms in total. The molecule has 0 radical (unpaired) electrons. The van der Waals surface area contributed by atoms with Gasteiger partial charge in [0.15, 0.2) is 5.76 Å². The largest absolute Gasteiger partial charge is 0.455 e. The third-order valence-electron chi connectivity index (χ3n) is 4.97. The lowest BCUT2D eigenvalue weighted by Crippen LogP contribution is -2.48. The maximum Gasteiger partial charge on any atom is 0.289 e. The van der Waals surface area contributed by atoms with Crippen molar-refractivity contribution in [1.82, 2.24) is 9.80 Å². The average Bonchev–Trinajstić information content (AvgIpc) is 3.09. The van der Waals surface area contributed by atoms with Crippen LogP contribution in [0.5, 0.6) is 0 Å². The van der Waals surface area contributed by atoms with Crippen LogP contribution in [0.15, 0.2) is 46.9 Å². The lowest BCUT2D eigenvalue weighted by molar-refractivity contribution is -0.131. The molecule has 0 saturated carbocycles. The van der Waals surface area contributed by atoms with Crippen molar-refractivity contribution >= 4 is 5.91 Å². The molecule has 0 N–H and O–H groups in total. The average molecular weight is 370 g/mol. The van der Waals surface area contributed by atoms with Gasteiger partial charge in [-0.1, -0.05) is 51.1 Å². The van der Waals surface area contributed by atoms with E-state index < -0.39 is 0 Å².